The molecule has 1 aromatic rings. The van der Waals surface area contributed by atoms with Gasteiger partial charge in [0.2, 0.25) is 5.91 Å². The van der Waals surface area contributed by atoms with Gasteiger partial charge >= 0.3 is 6.09 Å². The highest BCUT2D eigenvalue weighted by Gasteiger charge is 2.58. The number of likely N-dealkylation sites (tertiary alicyclic amines) is 1. The Morgan fingerprint density at radius 1 is 1.00 bits per heavy atom. The highest BCUT2D eigenvalue weighted by molar-refractivity contribution is 5.99. The molecule has 0 bridgehead atoms. The molecule has 0 aromatic heterocycles. The van der Waals surface area contributed by atoms with Crippen molar-refractivity contribution in [3.8, 4) is 11.5 Å². The number of benzene rings is 1. The second-order valence-electron chi connectivity index (χ2n) is 12.2. The summed E-state index contributed by atoms with van der Waals surface area (Å²) in [5, 5.41) is 32.6. The van der Waals surface area contributed by atoms with Gasteiger partial charge < -0.3 is 25.5 Å². The molecule has 8 nitrogen and oxygen atoms in total. The lowest BCUT2D eigenvalue weighted by molar-refractivity contribution is -0.132. The molecule has 4 N–H and O–H groups in total. The number of aromatic hydroxyl groups is 2. The second-order valence-corrected chi connectivity index (χ2v) is 12.2. The predicted molar refractivity (Wildman–Crippen MR) is 135 cm³/mol. The van der Waals surface area contributed by atoms with E-state index in [-0.39, 0.29) is 63.7 Å². The third-order valence-electron chi connectivity index (χ3n) is 9.57. The third kappa shape index (κ3) is 4.78. The van der Waals surface area contributed by atoms with Crippen molar-refractivity contribution < 1.29 is 29.7 Å². The summed E-state index contributed by atoms with van der Waals surface area (Å²) in [7, 11) is 0. The smallest absolute Gasteiger partial charge is 0.407 e. The van der Waals surface area contributed by atoms with Crippen LogP contribution in [0.2, 0.25) is 0 Å². The van der Waals surface area contributed by atoms with Crippen LogP contribution >= 0.6 is 0 Å². The highest BCUT2D eigenvalue weighted by Crippen LogP contribution is 2.61. The zero-order valence-corrected chi connectivity index (χ0v) is 21.8. The number of nitrogens with one attached hydrogen (secondary N) is 1. The Kier molecular flexibility index (Phi) is 7.01. The van der Waals surface area contributed by atoms with Gasteiger partial charge in [-0.05, 0) is 66.9 Å². The zero-order chi connectivity index (χ0) is 26.4. The molecule has 0 unspecified atom stereocenters. The fraction of sp³-hybridized carbons (Fsp3) is 0.679. The number of fused-ring (bicyclic) bond motifs is 1. The number of amides is 2. The fourth-order valence-electron chi connectivity index (χ4n) is 7.71. The number of phenolic OH excluding ortho intramolecular Hbond substituents is 2. The van der Waals surface area contributed by atoms with E-state index in [1.54, 1.807) is 0 Å². The molecule has 2 saturated carbocycles. The molecule has 8 heteroatoms. The molecule has 5 atom stereocenters. The van der Waals surface area contributed by atoms with Gasteiger partial charge in [0.25, 0.3) is 0 Å². The van der Waals surface area contributed by atoms with E-state index in [0.717, 1.165) is 25.7 Å². The lowest BCUT2D eigenvalue weighted by atomic mass is 9.45. The second kappa shape index (κ2) is 9.60. The van der Waals surface area contributed by atoms with E-state index in [1.165, 1.54) is 23.1 Å². The summed E-state index contributed by atoms with van der Waals surface area (Å²) in [6.45, 7) is 9.46. The number of phenols is 2. The number of piperidine rings is 1. The molecule has 0 spiro atoms. The van der Waals surface area contributed by atoms with Crippen molar-refractivity contribution in [3.05, 3.63) is 23.8 Å². The van der Waals surface area contributed by atoms with Gasteiger partial charge in [-0.2, -0.15) is 0 Å². The fourth-order valence-corrected chi connectivity index (χ4v) is 7.71. The Balaban J connectivity index is 1.62. The van der Waals surface area contributed by atoms with E-state index in [2.05, 4.69) is 26.1 Å². The average Bonchev–Trinajstić information content (AvgIpc) is 2.79. The SMILES string of the molecule is C[C@@H]1[C@H](NC(=O)C2CCN(C(=O)O)CC2)C[C@H]2C(C)(C)CCC[C@]2(C)[C@H]1C(=O)c1cc(O)cc(O)c1. The van der Waals surface area contributed by atoms with Gasteiger partial charge in [0.15, 0.2) is 5.78 Å². The van der Waals surface area contributed by atoms with Crippen LogP contribution in [-0.4, -0.2) is 57.1 Å². The summed E-state index contributed by atoms with van der Waals surface area (Å²) in [5.74, 6) is -0.999. The Morgan fingerprint density at radius 3 is 2.19 bits per heavy atom. The van der Waals surface area contributed by atoms with Crippen LogP contribution < -0.4 is 5.32 Å². The number of rotatable bonds is 4. The van der Waals surface area contributed by atoms with Gasteiger partial charge in [-0.25, -0.2) is 4.79 Å². The number of hydrogen-bond donors (Lipinski definition) is 4. The molecular formula is C28H40N2O6. The molecule has 1 heterocycles. The Labute approximate surface area is 213 Å². The molecule has 3 aliphatic rings. The first-order valence-electron chi connectivity index (χ1n) is 13.2. The van der Waals surface area contributed by atoms with Crippen LogP contribution in [0.5, 0.6) is 11.5 Å². The number of nitrogens with zero attached hydrogens (tertiary/aromatic N) is 1. The van der Waals surface area contributed by atoms with E-state index < -0.39 is 6.09 Å². The first-order chi connectivity index (χ1) is 16.8. The first-order valence-corrected chi connectivity index (χ1v) is 13.2. The van der Waals surface area contributed by atoms with Crippen LogP contribution in [0.3, 0.4) is 0 Å². The molecule has 36 heavy (non-hydrogen) atoms. The summed E-state index contributed by atoms with van der Waals surface area (Å²) < 4.78 is 0. The van der Waals surface area contributed by atoms with Crippen LogP contribution in [0.4, 0.5) is 4.79 Å². The minimum Gasteiger partial charge on any atom is -0.508 e. The van der Waals surface area contributed by atoms with Gasteiger partial charge in [0.1, 0.15) is 11.5 Å². The normalized spacial score (nSPS) is 32.4. The van der Waals surface area contributed by atoms with E-state index in [1.807, 2.05) is 6.92 Å². The lowest BCUT2D eigenvalue weighted by Crippen LogP contribution is -2.61. The standard InChI is InChI=1S/C28H40N2O6/c1-16-21(29-25(34)17-6-10-30(11-7-17)26(35)36)15-22-27(2,3)8-5-9-28(22,4)23(16)24(33)18-12-19(31)14-20(32)13-18/h12-14,16-17,21-23,31-32H,5-11,15H2,1-4H3,(H,29,34)(H,35,36)/t16-,21-,22+,23-,28+/m1/s1. The van der Waals surface area contributed by atoms with Crippen molar-refractivity contribution in [2.24, 2.45) is 34.5 Å². The molecule has 1 aromatic carbocycles. The largest absolute Gasteiger partial charge is 0.508 e. The predicted octanol–water partition coefficient (Wildman–Crippen LogP) is 4.64. The van der Waals surface area contributed by atoms with Crippen molar-refractivity contribution in [1.82, 2.24) is 10.2 Å². The van der Waals surface area contributed by atoms with E-state index >= 15 is 0 Å². The van der Waals surface area contributed by atoms with E-state index in [4.69, 9.17) is 0 Å². The van der Waals surface area contributed by atoms with Crippen LogP contribution in [0, 0.1) is 34.5 Å². The van der Waals surface area contributed by atoms with Crippen molar-refractivity contribution in [2.75, 3.05) is 13.1 Å². The number of carbonyl (C=O) groups is 3. The number of hydrogen-bond acceptors (Lipinski definition) is 5. The molecule has 1 saturated heterocycles. The summed E-state index contributed by atoms with van der Waals surface area (Å²) in [5.41, 5.74) is 0.0243. The van der Waals surface area contributed by atoms with Crippen molar-refractivity contribution in [2.45, 2.75) is 72.3 Å². The first kappa shape index (κ1) is 26.3. The molecular weight excluding hydrogens is 460 g/mol. The quantitative estimate of drug-likeness (QED) is 0.446. The summed E-state index contributed by atoms with van der Waals surface area (Å²) in [6, 6.07) is 3.86. The van der Waals surface area contributed by atoms with Gasteiger partial charge in [-0.3, -0.25) is 9.59 Å². The van der Waals surface area contributed by atoms with Crippen molar-refractivity contribution in [3.63, 3.8) is 0 Å². The zero-order valence-electron chi connectivity index (χ0n) is 21.8. The average molecular weight is 501 g/mol. The van der Waals surface area contributed by atoms with E-state index in [0.29, 0.717) is 31.5 Å². The number of ketones is 1. The van der Waals surface area contributed by atoms with Gasteiger partial charge in [0.05, 0.1) is 0 Å². The molecule has 0 radical (unpaired) electrons. The summed E-state index contributed by atoms with van der Waals surface area (Å²) >= 11 is 0. The Morgan fingerprint density at radius 2 is 1.61 bits per heavy atom. The van der Waals surface area contributed by atoms with Crippen molar-refractivity contribution >= 4 is 17.8 Å². The number of carboxylic acid groups (broad SMARTS) is 1. The number of carbonyl (C=O) groups excluding carboxylic acids is 2. The topological polar surface area (TPSA) is 127 Å². The summed E-state index contributed by atoms with van der Waals surface area (Å²) in [4.78, 5) is 39.9. The Hall–Kier alpha value is -2.77. The van der Waals surface area contributed by atoms with Crippen LogP contribution in [-0.2, 0) is 4.79 Å². The highest BCUT2D eigenvalue weighted by atomic mass is 16.4. The van der Waals surface area contributed by atoms with Gasteiger partial charge in [0, 0.05) is 42.6 Å². The van der Waals surface area contributed by atoms with Crippen LogP contribution in [0.1, 0.15) is 76.6 Å². The molecule has 1 aliphatic heterocycles. The minimum absolute atomic E-state index is 0.00242. The molecule has 2 amide bonds. The van der Waals surface area contributed by atoms with Crippen LogP contribution in [0.15, 0.2) is 18.2 Å². The van der Waals surface area contributed by atoms with Crippen LogP contribution in [0.25, 0.3) is 0 Å². The maximum Gasteiger partial charge on any atom is 0.407 e. The molecule has 3 fully saturated rings. The Bertz CT molecular complexity index is 1010. The van der Waals surface area contributed by atoms with E-state index in [9.17, 15) is 29.7 Å². The molecule has 198 valence electrons. The summed E-state index contributed by atoms with van der Waals surface area (Å²) in [6.07, 6.45) is 3.84. The minimum atomic E-state index is -0.951. The maximum atomic E-state index is 14.0. The third-order valence-corrected chi connectivity index (χ3v) is 9.57. The molecule has 2 aliphatic carbocycles. The lowest BCUT2D eigenvalue weighted by Gasteiger charge is -2.60. The maximum absolute atomic E-state index is 14.0. The van der Waals surface area contributed by atoms with Gasteiger partial charge in [-0.1, -0.05) is 34.1 Å². The number of Topliss-reactive ketones (excluding diaryl/α,β-unsaturated/α-hetero) is 1. The molecule has 4 rings (SSSR count). The van der Waals surface area contributed by atoms with Gasteiger partial charge in [-0.15, -0.1) is 0 Å². The van der Waals surface area contributed by atoms with Crippen molar-refractivity contribution in [1.29, 1.82) is 0 Å². The monoisotopic (exact) mass is 500 g/mol.